The minimum absolute atomic E-state index is 0.111. The third-order valence-corrected chi connectivity index (χ3v) is 2.90. The Morgan fingerprint density at radius 3 is 2.79 bits per heavy atom. The van der Waals surface area contributed by atoms with Gasteiger partial charge in [0.2, 0.25) is 5.88 Å². The summed E-state index contributed by atoms with van der Waals surface area (Å²) in [7, 11) is 1.55. The van der Waals surface area contributed by atoms with Crippen molar-refractivity contribution in [1.29, 1.82) is 5.26 Å². The van der Waals surface area contributed by atoms with E-state index in [1.54, 1.807) is 31.4 Å². The lowest BCUT2D eigenvalue weighted by Gasteiger charge is -2.16. The van der Waals surface area contributed by atoms with E-state index in [-0.39, 0.29) is 6.42 Å². The molecule has 0 aliphatic heterocycles. The van der Waals surface area contributed by atoms with Gasteiger partial charge in [-0.1, -0.05) is 6.07 Å². The summed E-state index contributed by atoms with van der Waals surface area (Å²) in [5.41, 5.74) is 1.30. The van der Waals surface area contributed by atoms with Gasteiger partial charge in [0.15, 0.2) is 0 Å². The lowest BCUT2D eigenvalue weighted by Crippen LogP contribution is -2.17. The fraction of sp³-hybridized carbons (Fsp3) is 0.286. The van der Waals surface area contributed by atoms with Crippen LogP contribution in [0.4, 0.5) is 0 Å². The molecule has 0 aliphatic carbocycles. The smallest absolute Gasteiger partial charge is 0.213 e. The molecule has 2 unspecified atom stereocenters. The van der Waals surface area contributed by atoms with Crippen molar-refractivity contribution in [1.82, 2.24) is 4.98 Å². The van der Waals surface area contributed by atoms with Gasteiger partial charge in [0.1, 0.15) is 6.10 Å². The second-order valence-electron chi connectivity index (χ2n) is 4.18. The quantitative estimate of drug-likeness (QED) is 0.869. The molecule has 2 rings (SSSR count). The maximum Gasteiger partial charge on any atom is 0.213 e. The molecule has 5 nitrogen and oxygen atoms in total. The van der Waals surface area contributed by atoms with Crippen LogP contribution in [0.15, 0.2) is 30.3 Å². The number of fused-ring (bicyclic) bond motifs is 1. The first-order valence-corrected chi connectivity index (χ1v) is 5.83. The number of rotatable bonds is 4. The Bertz CT molecular complexity index is 622. The molecule has 98 valence electrons. The number of nitriles is 1. The normalized spacial score (nSPS) is 13.8. The SMILES string of the molecule is COc1ccc2cc(C(O)C(O)CC#N)ccc2n1. The van der Waals surface area contributed by atoms with Crippen LogP contribution in [0, 0.1) is 11.3 Å². The Morgan fingerprint density at radius 2 is 2.11 bits per heavy atom. The van der Waals surface area contributed by atoms with Crippen LogP contribution in [-0.4, -0.2) is 28.4 Å². The first-order valence-electron chi connectivity index (χ1n) is 5.83. The second-order valence-corrected chi connectivity index (χ2v) is 4.18. The molecule has 0 saturated heterocycles. The first kappa shape index (κ1) is 13.3. The Kier molecular flexibility index (Phi) is 3.95. The van der Waals surface area contributed by atoms with Crippen LogP contribution in [0.2, 0.25) is 0 Å². The first-order chi connectivity index (χ1) is 9.15. The topological polar surface area (TPSA) is 86.4 Å². The van der Waals surface area contributed by atoms with Gasteiger partial charge in [0.05, 0.1) is 31.2 Å². The van der Waals surface area contributed by atoms with E-state index in [0.29, 0.717) is 11.4 Å². The third kappa shape index (κ3) is 2.81. The number of nitrogens with zero attached hydrogens (tertiary/aromatic N) is 2. The second kappa shape index (κ2) is 5.65. The summed E-state index contributed by atoms with van der Waals surface area (Å²) in [5, 5.41) is 28.9. The van der Waals surface area contributed by atoms with Gasteiger partial charge in [-0.25, -0.2) is 4.98 Å². The fourth-order valence-electron chi connectivity index (χ4n) is 1.85. The molecule has 1 heterocycles. The number of benzene rings is 1. The lowest BCUT2D eigenvalue weighted by molar-refractivity contribution is 0.0217. The van der Waals surface area contributed by atoms with Crippen molar-refractivity contribution >= 4 is 10.9 Å². The maximum atomic E-state index is 9.93. The fourth-order valence-corrected chi connectivity index (χ4v) is 1.85. The minimum atomic E-state index is -1.09. The molecule has 2 aromatic rings. The van der Waals surface area contributed by atoms with Crippen LogP contribution >= 0.6 is 0 Å². The van der Waals surface area contributed by atoms with Crippen molar-refractivity contribution in [3.8, 4) is 11.9 Å². The highest BCUT2D eigenvalue weighted by atomic mass is 16.5. The predicted molar refractivity (Wildman–Crippen MR) is 69.5 cm³/mol. The Hall–Kier alpha value is -2.16. The van der Waals surface area contributed by atoms with Gasteiger partial charge < -0.3 is 14.9 Å². The zero-order valence-corrected chi connectivity index (χ0v) is 10.4. The predicted octanol–water partition coefficient (Wildman–Crippen LogP) is 1.55. The average Bonchev–Trinajstić information content (AvgIpc) is 2.45. The molecule has 2 atom stereocenters. The molecule has 0 radical (unpaired) electrons. The number of hydrogen-bond acceptors (Lipinski definition) is 5. The van der Waals surface area contributed by atoms with E-state index < -0.39 is 12.2 Å². The Morgan fingerprint density at radius 1 is 1.32 bits per heavy atom. The van der Waals surface area contributed by atoms with Gasteiger partial charge >= 0.3 is 0 Å². The summed E-state index contributed by atoms with van der Waals surface area (Å²) in [6.07, 6.45) is -2.28. The molecule has 0 bridgehead atoms. The highest BCUT2D eigenvalue weighted by molar-refractivity contribution is 5.79. The highest BCUT2D eigenvalue weighted by Gasteiger charge is 2.18. The molecule has 0 fully saturated rings. The molecule has 2 N–H and O–H groups in total. The standard InChI is InChI=1S/C14H14N2O3/c1-19-13-5-3-9-8-10(2-4-11(9)16-13)14(18)12(17)6-7-15/h2-5,8,12,14,17-18H,6H2,1H3. The van der Waals surface area contributed by atoms with Crippen LogP contribution in [0.5, 0.6) is 5.88 Å². The Labute approximate surface area is 110 Å². The largest absolute Gasteiger partial charge is 0.481 e. The number of pyridine rings is 1. The lowest BCUT2D eigenvalue weighted by atomic mass is 10.0. The number of aromatic nitrogens is 1. The molecule has 0 saturated carbocycles. The van der Waals surface area contributed by atoms with Crippen molar-refractivity contribution < 1.29 is 14.9 Å². The van der Waals surface area contributed by atoms with Gasteiger partial charge in [0, 0.05) is 11.5 Å². The van der Waals surface area contributed by atoms with E-state index in [4.69, 9.17) is 10.00 Å². The van der Waals surface area contributed by atoms with Crippen LogP contribution in [0.25, 0.3) is 10.9 Å². The summed E-state index contributed by atoms with van der Waals surface area (Å²) >= 11 is 0. The maximum absolute atomic E-state index is 9.93. The Balaban J connectivity index is 2.34. The van der Waals surface area contributed by atoms with Gasteiger partial charge in [0.25, 0.3) is 0 Å². The molecule has 0 spiro atoms. The van der Waals surface area contributed by atoms with E-state index >= 15 is 0 Å². The van der Waals surface area contributed by atoms with E-state index in [9.17, 15) is 10.2 Å². The molecule has 5 heteroatoms. The summed E-state index contributed by atoms with van der Waals surface area (Å²) in [6.45, 7) is 0. The molecular formula is C14H14N2O3. The molecular weight excluding hydrogens is 244 g/mol. The summed E-state index contributed by atoms with van der Waals surface area (Å²) in [5.74, 6) is 0.519. The van der Waals surface area contributed by atoms with Crippen molar-refractivity contribution in [2.45, 2.75) is 18.6 Å². The molecule has 1 aromatic carbocycles. The van der Waals surface area contributed by atoms with Gasteiger partial charge in [-0.3, -0.25) is 0 Å². The van der Waals surface area contributed by atoms with E-state index in [1.165, 1.54) is 0 Å². The van der Waals surface area contributed by atoms with Gasteiger partial charge in [-0.15, -0.1) is 0 Å². The molecule has 0 amide bonds. The van der Waals surface area contributed by atoms with E-state index in [1.807, 2.05) is 12.1 Å². The van der Waals surface area contributed by atoms with Crippen molar-refractivity contribution in [3.05, 3.63) is 35.9 Å². The number of aliphatic hydroxyl groups excluding tert-OH is 2. The number of aliphatic hydroxyl groups is 2. The van der Waals surface area contributed by atoms with Crippen LogP contribution in [0.3, 0.4) is 0 Å². The minimum Gasteiger partial charge on any atom is -0.481 e. The zero-order chi connectivity index (χ0) is 13.8. The van der Waals surface area contributed by atoms with Crippen LogP contribution in [0.1, 0.15) is 18.1 Å². The van der Waals surface area contributed by atoms with E-state index in [2.05, 4.69) is 4.98 Å². The van der Waals surface area contributed by atoms with Crippen molar-refractivity contribution in [2.24, 2.45) is 0 Å². The van der Waals surface area contributed by atoms with Crippen molar-refractivity contribution in [2.75, 3.05) is 7.11 Å². The summed E-state index contributed by atoms with van der Waals surface area (Å²) in [6, 6.07) is 10.6. The van der Waals surface area contributed by atoms with Crippen molar-refractivity contribution in [3.63, 3.8) is 0 Å². The molecule has 19 heavy (non-hydrogen) atoms. The summed E-state index contributed by atoms with van der Waals surface area (Å²) < 4.78 is 5.03. The highest BCUT2D eigenvalue weighted by Crippen LogP contribution is 2.24. The van der Waals surface area contributed by atoms with Gasteiger partial charge in [-0.05, 0) is 23.8 Å². The summed E-state index contributed by atoms with van der Waals surface area (Å²) in [4.78, 5) is 4.26. The monoisotopic (exact) mass is 258 g/mol. The number of hydrogen-bond donors (Lipinski definition) is 2. The number of ether oxygens (including phenoxy) is 1. The molecule has 1 aromatic heterocycles. The zero-order valence-electron chi connectivity index (χ0n) is 10.4. The van der Waals surface area contributed by atoms with E-state index in [0.717, 1.165) is 10.9 Å². The number of methoxy groups -OCH3 is 1. The third-order valence-electron chi connectivity index (χ3n) is 2.90. The van der Waals surface area contributed by atoms with Crippen LogP contribution < -0.4 is 4.74 Å². The molecule has 0 aliphatic rings. The van der Waals surface area contributed by atoms with Crippen LogP contribution in [-0.2, 0) is 0 Å². The average molecular weight is 258 g/mol. The van der Waals surface area contributed by atoms with Gasteiger partial charge in [-0.2, -0.15) is 5.26 Å².